The molecule has 0 spiro atoms. The zero-order chi connectivity index (χ0) is 14.7. The highest BCUT2D eigenvalue weighted by Crippen LogP contribution is 2.26. The Morgan fingerprint density at radius 2 is 2.00 bits per heavy atom. The number of hydrogen-bond donors (Lipinski definition) is 2. The van der Waals surface area contributed by atoms with Crippen molar-refractivity contribution in [1.29, 1.82) is 0 Å². The molecule has 0 heterocycles. The minimum atomic E-state index is 0.0545. The predicted octanol–water partition coefficient (Wildman–Crippen LogP) is 2.64. The van der Waals surface area contributed by atoms with Crippen molar-refractivity contribution in [3.63, 3.8) is 0 Å². The molecule has 1 aromatic rings. The number of nitrogens with one attached hydrogen (secondary N) is 2. The molecule has 0 aliphatic heterocycles. The first-order chi connectivity index (χ1) is 10.2. The fraction of sp³-hybridized carbons (Fsp3) is 0.562. The van der Waals surface area contributed by atoms with Crippen LogP contribution in [0.3, 0.4) is 0 Å². The van der Waals surface area contributed by atoms with E-state index in [2.05, 4.69) is 10.6 Å². The van der Waals surface area contributed by atoms with Gasteiger partial charge in [0.05, 0.1) is 18.1 Å². The Hall–Kier alpha value is -1.26. The van der Waals surface area contributed by atoms with Gasteiger partial charge in [-0.3, -0.25) is 4.79 Å². The molecule has 0 aromatic heterocycles. The zero-order valence-electron chi connectivity index (χ0n) is 12.0. The van der Waals surface area contributed by atoms with Gasteiger partial charge in [0.15, 0.2) is 0 Å². The second-order valence-electron chi connectivity index (χ2n) is 5.86. The maximum atomic E-state index is 11.5. The average Bonchev–Trinajstić information content (AvgIpc) is 3.33. The van der Waals surface area contributed by atoms with Gasteiger partial charge >= 0.3 is 0 Å². The third kappa shape index (κ3) is 4.90. The molecule has 5 heteroatoms. The van der Waals surface area contributed by atoms with Gasteiger partial charge in [0.1, 0.15) is 5.75 Å². The summed E-state index contributed by atoms with van der Waals surface area (Å²) in [4.78, 5) is 11.5. The fourth-order valence-corrected chi connectivity index (χ4v) is 2.36. The van der Waals surface area contributed by atoms with Gasteiger partial charge < -0.3 is 15.4 Å². The maximum Gasteiger partial charge on any atom is 0.223 e. The quantitative estimate of drug-likeness (QED) is 0.776. The standard InChI is InChI=1S/C16H21ClN2O2/c17-14-9-11(10-18-12-2-3-12)1-6-15(14)21-8-7-16(20)19-13-4-5-13/h1,6,9,12-13,18H,2-5,7-8,10H2,(H,19,20). The number of amides is 1. The number of benzene rings is 1. The molecular formula is C16H21ClN2O2. The lowest BCUT2D eigenvalue weighted by Gasteiger charge is -2.10. The summed E-state index contributed by atoms with van der Waals surface area (Å²) in [6, 6.07) is 6.91. The lowest BCUT2D eigenvalue weighted by Crippen LogP contribution is -2.26. The van der Waals surface area contributed by atoms with Crippen LogP contribution >= 0.6 is 11.6 Å². The van der Waals surface area contributed by atoms with Crippen LogP contribution in [0.2, 0.25) is 5.02 Å². The molecule has 0 bridgehead atoms. The van der Waals surface area contributed by atoms with Gasteiger partial charge in [-0.25, -0.2) is 0 Å². The minimum absolute atomic E-state index is 0.0545. The summed E-state index contributed by atoms with van der Waals surface area (Å²) in [7, 11) is 0. The molecule has 0 unspecified atom stereocenters. The van der Waals surface area contributed by atoms with Crippen LogP contribution in [0, 0.1) is 0 Å². The molecule has 2 aliphatic carbocycles. The summed E-state index contributed by atoms with van der Waals surface area (Å²) in [6.45, 7) is 1.20. The lowest BCUT2D eigenvalue weighted by molar-refractivity contribution is -0.121. The molecule has 0 radical (unpaired) electrons. The molecule has 2 saturated carbocycles. The Balaban J connectivity index is 1.42. The molecule has 2 fully saturated rings. The van der Waals surface area contributed by atoms with Crippen molar-refractivity contribution in [2.24, 2.45) is 0 Å². The third-order valence-corrected chi connectivity index (χ3v) is 3.99. The number of carbonyl (C=O) groups is 1. The van der Waals surface area contributed by atoms with E-state index in [1.807, 2.05) is 18.2 Å². The molecule has 1 aromatic carbocycles. The van der Waals surface area contributed by atoms with E-state index in [1.54, 1.807) is 0 Å². The van der Waals surface area contributed by atoms with Gasteiger partial charge in [0, 0.05) is 18.6 Å². The molecule has 2 aliphatic rings. The summed E-state index contributed by atoms with van der Waals surface area (Å²) in [5.41, 5.74) is 1.16. The summed E-state index contributed by atoms with van der Waals surface area (Å²) in [6.07, 6.45) is 5.14. The van der Waals surface area contributed by atoms with Crippen LogP contribution in [0.5, 0.6) is 5.75 Å². The van der Waals surface area contributed by atoms with Crippen LogP contribution in [-0.2, 0) is 11.3 Å². The van der Waals surface area contributed by atoms with Crippen LogP contribution < -0.4 is 15.4 Å². The number of hydrogen-bond acceptors (Lipinski definition) is 3. The first kappa shape index (κ1) is 14.7. The first-order valence-electron chi connectivity index (χ1n) is 7.64. The molecule has 21 heavy (non-hydrogen) atoms. The Kier molecular flexibility index (Phi) is 4.66. The fourth-order valence-electron chi connectivity index (χ4n) is 2.10. The van der Waals surface area contributed by atoms with Crippen LogP contribution in [0.1, 0.15) is 37.7 Å². The van der Waals surface area contributed by atoms with E-state index in [0.717, 1.165) is 24.9 Å². The molecule has 3 rings (SSSR count). The van der Waals surface area contributed by atoms with Crippen LogP contribution in [0.4, 0.5) is 0 Å². The second-order valence-corrected chi connectivity index (χ2v) is 6.27. The van der Waals surface area contributed by atoms with E-state index in [1.165, 1.54) is 12.8 Å². The monoisotopic (exact) mass is 308 g/mol. The Labute approximate surface area is 130 Å². The van der Waals surface area contributed by atoms with Crippen molar-refractivity contribution in [1.82, 2.24) is 10.6 Å². The summed E-state index contributed by atoms with van der Waals surface area (Å²) < 4.78 is 5.59. The topological polar surface area (TPSA) is 50.4 Å². The molecule has 1 amide bonds. The highest BCUT2D eigenvalue weighted by Gasteiger charge is 2.23. The Morgan fingerprint density at radius 3 is 2.67 bits per heavy atom. The number of ether oxygens (including phenoxy) is 1. The highest BCUT2D eigenvalue weighted by atomic mass is 35.5. The van der Waals surface area contributed by atoms with Gasteiger partial charge in [0.25, 0.3) is 0 Å². The average molecular weight is 309 g/mol. The van der Waals surface area contributed by atoms with Gasteiger partial charge in [-0.05, 0) is 43.4 Å². The normalized spacial score (nSPS) is 17.6. The van der Waals surface area contributed by atoms with Crippen molar-refractivity contribution in [3.8, 4) is 5.75 Å². The van der Waals surface area contributed by atoms with Gasteiger partial charge in [-0.2, -0.15) is 0 Å². The SMILES string of the molecule is O=C(CCOc1ccc(CNC2CC2)cc1Cl)NC1CC1. The van der Waals surface area contributed by atoms with Crippen molar-refractivity contribution in [2.45, 2.75) is 50.7 Å². The van der Waals surface area contributed by atoms with Gasteiger partial charge in [-0.1, -0.05) is 17.7 Å². The molecule has 0 atom stereocenters. The van der Waals surface area contributed by atoms with E-state index in [0.29, 0.717) is 35.9 Å². The Bertz CT molecular complexity index is 513. The summed E-state index contributed by atoms with van der Waals surface area (Å²) in [5, 5.41) is 6.99. The van der Waals surface area contributed by atoms with Crippen LogP contribution in [0.15, 0.2) is 18.2 Å². The summed E-state index contributed by atoms with van der Waals surface area (Å²) >= 11 is 6.22. The van der Waals surface area contributed by atoms with E-state index in [9.17, 15) is 4.79 Å². The lowest BCUT2D eigenvalue weighted by atomic mass is 10.2. The smallest absolute Gasteiger partial charge is 0.223 e. The van der Waals surface area contributed by atoms with E-state index in [-0.39, 0.29) is 5.91 Å². The zero-order valence-corrected chi connectivity index (χ0v) is 12.8. The molecule has 114 valence electrons. The number of carbonyl (C=O) groups excluding carboxylic acids is 1. The molecular weight excluding hydrogens is 288 g/mol. The van der Waals surface area contributed by atoms with Crippen molar-refractivity contribution in [3.05, 3.63) is 28.8 Å². The van der Waals surface area contributed by atoms with E-state index >= 15 is 0 Å². The first-order valence-corrected chi connectivity index (χ1v) is 8.02. The highest BCUT2D eigenvalue weighted by molar-refractivity contribution is 6.32. The van der Waals surface area contributed by atoms with E-state index < -0.39 is 0 Å². The Morgan fingerprint density at radius 1 is 1.24 bits per heavy atom. The third-order valence-electron chi connectivity index (χ3n) is 3.70. The molecule has 2 N–H and O–H groups in total. The number of rotatable bonds is 8. The predicted molar refractivity (Wildman–Crippen MR) is 82.6 cm³/mol. The van der Waals surface area contributed by atoms with Gasteiger partial charge in [0.2, 0.25) is 5.91 Å². The van der Waals surface area contributed by atoms with Crippen LogP contribution in [0.25, 0.3) is 0 Å². The van der Waals surface area contributed by atoms with E-state index in [4.69, 9.17) is 16.3 Å². The molecule has 4 nitrogen and oxygen atoms in total. The van der Waals surface area contributed by atoms with Crippen molar-refractivity contribution >= 4 is 17.5 Å². The minimum Gasteiger partial charge on any atom is -0.491 e. The molecule has 0 saturated heterocycles. The number of halogens is 1. The van der Waals surface area contributed by atoms with Crippen molar-refractivity contribution < 1.29 is 9.53 Å². The largest absolute Gasteiger partial charge is 0.491 e. The van der Waals surface area contributed by atoms with Crippen LogP contribution in [-0.4, -0.2) is 24.6 Å². The van der Waals surface area contributed by atoms with Crippen molar-refractivity contribution in [2.75, 3.05) is 6.61 Å². The van der Waals surface area contributed by atoms with Gasteiger partial charge in [-0.15, -0.1) is 0 Å². The summed E-state index contributed by atoms with van der Waals surface area (Å²) in [5.74, 6) is 0.699. The second kappa shape index (κ2) is 6.67. The maximum absolute atomic E-state index is 11.5.